The van der Waals surface area contributed by atoms with Crippen LogP contribution in [0.15, 0.2) is 18.2 Å². The summed E-state index contributed by atoms with van der Waals surface area (Å²) in [6.45, 7) is 3.38. The Morgan fingerprint density at radius 1 is 1.20 bits per heavy atom. The summed E-state index contributed by atoms with van der Waals surface area (Å²) in [6.07, 6.45) is 2.20. The highest BCUT2D eigenvalue weighted by Crippen LogP contribution is 2.22. The van der Waals surface area contributed by atoms with Crippen molar-refractivity contribution in [1.29, 1.82) is 0 Å². The Morgan fingerprint density at radius 2 is 1.93 bits per heavy atom. The molecule has 1 aromatic carbocycles. The molecule has 0 aliphatic rings. The van der Waals surface area contributed by atoms with Crippen molar-refractivity contribution in [2.24, 2.45) is 5.73 Å². The van der Waals surface area contributed by atoms with E-state index in [-0.39, 0.29) is 0 Å². The zero-order chi connectivity index (χ0) is 11.1. The van der Waals surface area contributed by atoms with E-state index < -0.39 is 0 Å². The van der Waals surface area contributed by atoms with Crippen molar-refractivity contribution in [3.05, 3.63) is 23.8 Å². The van der Waals surface area contributed by atoms with Crippen molar-refractivity contribution >= 4 is 0 Å². The Morgan fingerprint density at radius 3 is 2.53 bits per heavy atom. The van der Waals surface area contributed by atoms with Gasteiger partial charge in [-0.2, -0.15) is 0 Å². The third kappa shape index (κ3) is 3.80. The number of unbranched alkanes of at least 4 members (excludes halogenated alkanes) is 1. The van der Waals surface area contributed by atoms with Gasteiger partial charge in [0, 0.05) is 12.6 Å². The molecule has 2 N–H and O–H groups in total. The molecule has 0 spiro atoms. The summed E-state index contributed by atoms with van der Waals surface area (Å²) in [5.41, 5.74) is 6.61. The maximum Gasteiger partial charge on any atom is 0.123 e. The van der Waals surface area contributed by atoms with Gasteiger partial charge < -0.3 is 15.2 Å². The summed E-state index contributed by atoms with van der Waals surface area (Å²) in [7, 11) is 1.64. The number of benzene rings is 1. The lowest BCUT2D eigenvalue weighted by molar-refractivity contribution is 0.306. The lowest BCUT2D eigenvalue weighted by Crippen LogP contribution is -2.00. The van der Waals surface area contributed by atoms with Crippen molar-refractivity contribution in [3.63, 3.8) is 0 Å². The Kier molecular flexibility index (Phi) is 4.98. The molecular weight excluding hydrogens is 190 g/mol. The van der Waals surface area contributed by atoms with E-state index in [0.717, 1.165) is 36.5 Å². The lowest BCUT2D eigenvalue weighted by Gasteiger charge is -2.09. The van der Waals surface area contributed by atoms with Crippen LogP contribution in [0.4, 0.5) is 0 Å². The molecule has 0 aromatic heterocycles. The number of hydrogen-bond acceptors (Lipinski definition) is 3. The number of hydrogen-bond donors (Lipinski definition) is 1. The average Bonchev–Trinajstić information content (AvgIpc) is 2.29. The van der Waals surface area contributed by atoms with Crippen LogP contribution in [0.25, 0.3) is 0 Å². The van der Waals surface area contributed by atoms with Gasteiger partial charge in [0.15, 0.2) is 0 Å². The number of ether oxygens (including phenoxy) is 2. The van der Waals surface area contributed by atoms with Crippen LogP contribution in [0.3, 0.4) is 0 Å². The fourth-order valence-electron chi connectivity index (χ4n) is 1.28. The average molecular weight is 209 g/mol. The molecule has 0 saturated heterocycles. The Labute approximate surface area is 91.2 Å². The van der Waals surface area contributed by atoms with Crippen LogP contribution in [0.5, 0.6) is 11.5 Å². The first-order valence-electron chi connectivity index (χ1n) is 5.31. The van der Waals surface area contributed by atoms with Gasteiger partial charge in [0.05, 0.1) is 13.7 Å². The summed E-state index contributed by atoms with van der Waals surface area (Å²) in [4.78, 5) is 0. The SMILES string of the molecule is CCCCOc1cc(CN)cc(OC)c1. The van der Waals surface area contributed by atoms with Gasteiger partial charge in [0.1, 0.15) is 11.5 Å². The van der Waals surface area contributed by atoms with Gasteiger partial charge in [-0.05, 0) is 24.1 Å². The minimum absolute atomic E-state index is 0.501. The van der Waals surface area contributed by atoms with Crippen molar-refractivity contribution in [2.45, 2.75) is 26.3 Å². The van der Waals surface area contributed by atoms with Crippen LogP contribution in [-0.2, 0) is 6.54 Å². The van der Waals surface area contributed by atoms with Gasteiger partial charge in [0.2, 0.25) is 0 Å². The van der Waals surface area contributed by atoms with Crippen LogP contribution < -0.4 is 15.2 Å². The number of methoxy groups -OCH3 is 1. The fourth-order valence-corrected chi connectivity index (χ4v) is 1.28. The first kappa shape index (κ1) is 11.9. The van der Waals surface area contributed by atoms with Crippen molar-refractivity contribution in [2.75, 3.05) is 13.7 Å². The first-order valence-corrected chi connectivity index (χ1v) is 5.31. The summed E-state index contributed by atoms with van der Waals surface area (Å²) in [5, 5.41) is 0. The molecule has 0 bridgehead atoms. The highest BCUT2D eigenvalue weighted by Gasteiger charge is 2.01. The smallest absolute Gasteiger partial charge is 0.123 e. The highest BCUT2D eigenvalue weighted by molar-refractivity contribution is 5.38. The zero-order valence-electron chi connectivity index (χ0n) is 9.45. The standard InChI is InChI=1S/C12H19NO2/c1-3-4-5-15-12-7-10(9-13)6-11(8-12)14-2/h6-8H,3-5,9,13H2,1-2H3. The van der Waals surface area contributed by atoms with E-state index in [9.17, 15) is 0 Å². The molecule has 0 aliphatic heterocycles. The van der Waals surface area contributed by atoms with E-state index in [0.29, 0.717) is 6.54 Å². The molecule has 1 aromatic rings. The summed E-state index contributed by atoms with van der Waals surface area (Å²) in [5.74, 6) is 1.63. The highest BCUT2D eigenvalue weighted by atomic mass is 16.5. The van der Waals surface area contributed by atoms with Gasteiger partial charge >= 0.3 is 0 Å². The van der Waals surface area contributed by atoms with Crippen LogP contribution in [-0.4, -0.2) is 13.7 Å². The van der Waals surface area contributed by atoms with Gasteiger partial charge in [0.25, 0.3) is 0 Å². The molecular formula is C12H19NO2. The second-order valence-corrected chi connectivity index (χ2v) is 3.42. The molecule has 0 amide bonds. The van der Waals surface area contributed by atoms with Crippen LogP contribution >= 0.6 is 0 Å². The maximum absolute atomic E-state index is 5.60. The zero-order valence-corrected chi connectivity index (χ0v) is 9.45. The predicted octanol–water partition coefficient (Wildman–Crippen LogP) is 2.33. The Balaban J connectivity index is 2.68. The van der Waals surface area contributed by atoms with Crippen molar-refractivity contribution in [1.82, 2.24) is 0 Å². The van der Waals surface area contributed by atoms with Gasteiger partial charge in [-0.15, -0.1) is 0 Å². The molecule has 3 heteroatoms. The van der Waals surface area contributed by atoms with Crippen molar-refractivity contribution in [3.8, 4) is 11.5 Å². The molecule has 84 valence electrons. The van der Waals surface area contributed by atoms with Crippen LogP contribution in [0, 0.1) is 0 Å². The van der Waals surface area contributed by atoms with E-state index in [2.05, 4.69) is 6.92 Å². The van der Waals surface area contributed by atoms with E-state index in [1.54, 1.807) is 7.11 Å². The molecule has 0 unspecified atom stereocenters. The molecule has 3 nitrogen and oxygen atoms in total. The Hall–Kier alpha value is -1.22. The molecule has 0 fully saturated rings. The fraction of sp³-hybridized carbons (Fsp3) is 0.500. The largest absolute Gasteiger partial charge is 0.497 e. The second-order valence-electron chi connectivity index (χ2n) is 3.42. The van der Waals surface area contributed by atoms with E-state index in [4.69, 9.17) is 15.2 Å². The lowest BCUT2D eigenvalue weighted by atomic mass is 10.2. The van der Waals surface area contributed by atoms with Crippen molar-refractivity contribution < 1.29 is 9.47 Å². The maximum atomic E-state index is 5.60. The molecule has 1 rings (SSSR count). The molecule has 0 heterocycles. The monoisotopic (exact) mass is 209 g/mol. The molecule has 0 aliphatic carbocycles. The molecule has 15 heavy (non-hydrogen) atoms. The number of nitrogens with two attached hydrogens (primary N) is 1. The minimum atomic E-state index is 0.501. The summed E-state index contributed by atoms with van der Waals surface area (Å²) >= 11 is 0. The topological polar surface area (TPSA) is 44.5 Å². The summed E-state index contributed by atoms with van der Waals surface area (Å²) in [6, 6.07) is 5.76. The van der Waals surface area contributed by atoms with E-state index >= 15 is 0 Å². The van der Waals surface area contributed by atoms with Crippen LogP contribution in [0.1, 0.15) is 25.3 Å². The van der Waals surface area contributed by atoms with E-state index in [1.807, 2.05) is 18.2 Å². The second kappa shape index (κ2) is 6.30. The molecule has 0 radical (unpaired) electrons. The minimum Gasteiger partial charge on any atom is -0.497 e. The number of rotatable bonds is 6. The molecule has 0 saturated carbocycles. The first-order chi connectivity index (χ1) is 7.30. The van der Waals surface area contributed by atoms with Gasteiger partial charge in [-0.1, -0.05) is 13.3 Å². The summed E-state index contributed by atoms with van der Waals surface area (Å²) < 4.78 is 10.8. The van der Waals surface area contributed by atoms with Gasteiger partial charge in [-0.25, -0.2) is 0 Å². The third-order valence-electron chi connectivity index (χ3n) is 2.18. The normalized spacial score (nSPS) is 10.1. The van der Waals surface area contributed by atoms with E-state index in [1.165, 1.54) is 0 Å². The quantitative estimate of drug-likeness (QED) is 0.731. The van der Waals surface area contributed by atoms with Crippen LogP contribution in [0.2, 0.25) is 0 Å². The Bertz CT molecular complexity index is 277. The molecule has 0 atom stereocenters. The predicted molar refractivity (Wildman–Crippen MR) is 61.3 cm³/mol. The third-order valence-corrected chi connectivity index (χ3v) is 2.18. The van der Waals surface area contributed by atoms with Gasteiger partial charge in [-0.3, -0.25) is 0 Å².